The van der Waals surface area contributed by atoms with Crippen LogP contribution in [0.1, 0.15) is 25.5 Å². The number of carbonyl (C=O) groups excluding carboxylic acids is 3. The average molecular weight is 366 g/mol. The van der Waals surface area contributed by atoms with E-state index in [1.165, 1.54) is 4.90 Å². The maximum Gasteiger partial charge on any atom is 0.309 e. The number of nitrogens with zero attached hydrogens (tertiary/aromatic N) is 1. The molecule has 2 amide bonds. The van der Waals surface area contributed by atoms with Crippen molar-refractivity contribution in [3.05, 3.63) is 24.2 Å². The molecule has 1 aliphatic rings. The molecular weight excluding hydrogens is 338 g/mol. The predicted molar refractivity (Wildman–Crippen MR) is 93.1 cm³/mol. The fraction of sp³-hybridized carbons (Fsp3) is 0.611. The largest absolute Gasteiger partial charge is 0.467 e. The van der Waals surface area contributed by atoms with Crippen molar-refractivity contribution in [1.82, 2.24) is 10.2 Å². The van der Waals surface area contributed by atoms with Gasteiger partial charge >= 0.3 is 5.97 Å². The van der Waals surface area contributed by atoms with Gasteiger partial charge in [-0.3, -0.25) is 14.4 Å². The number of amides is 2. The molecule has 0 aromatic carbocycles. The lowest BCUT2D eigenvalue weighted by Gasteiger charge is -2.28. The quantitative estimate of drug-likeness (QED) is 0.589. The third-order valence-corrected chi connectivity index (χ3v) is 4.56. The Morgan fingerprint density at radius 2 is 2.08 bits per heavy atom. The van der Waals surface area contributed by atoms with E-state index in [1.54, 1.807) is 32.4 Å². The minimum absolute atomic E-state index is 0.0122. The molecule has 0 spiro atoms. The average Bonchev–Trinajstić information content (AvgIpc) is 3.14. The van der Waals surface area contributed by atoms with Gasteiger partial charge in [0, 0.05) is 19.9 Å². The molecule has 144 valence electrons. The van der Waals surface area contributed by atoms with Gasteiger partial charge in [-0.15, -0.1) is 0 Å². The van der Waals surface area contributed by atoms with Gasteiger partial charge < -0.3 is 24.3 Å². The SMILES string of the molecule is CCOC(=O)C1CC[NH+](CC(=O)N(C)CC(=O)NCc2ccco2)CC1. The highest BCUT2D eigenvalue weighted by atomic mass is 16.5. The van der Waals surface area contributed by atoms with Crippen LogP contribution in [0.2, 0.25) is 0 Å². The molecule has 0 aliphatic carbocycles. The number of quaternary nitrogens is 1. The first kappa shape index (κ1) is 20.0. The highest BCUT2D eigenvalue weighted by Crippen LogP contribution is 2.11. The van der Waals surface area contributed by atoms with Gasteiger partial charge in [0.15, 0.2) is 6.54 Å². The zero-order valence-corrected chi connectivity index (χ0v) is 15.5. The molecule has 26 heavy (non-hydrogen) atoms. The Morgan fingerprint density at radius 1 is 1.35 bits per heavy atom. The first-order chi connectivity index (χ1) is 12.5. The number of furan rings is 1. The lowest BCUT2D eigenvalue weighted by Crippen LogP contribution is -3.14. The van der Waals surface area contributed by atoms with E-state index in [2.05, 4.69) is 5.32 Å². The molecule has 1 fully saturated rings. The minimum atomic E-state index is -0.228. The number of likely N-dealkylation sites (tertiary alicyclic amines) is 1. The van der Waals surface area contributed by atoms with Gasteiger partial charge in [0.1, 0.15) is 5.76 Å². The van der Waals surface area contributed by atoms with E-state index >= 15 is 0 Å². The van der Waals surface area contributed by atoms with Crippen LogP contribution in [0.25, 0.3) is 0 Å². The van der Waals surface area contributed by atoms with Crippen molar-refractivity contribution in [2.75, 3.05) is 39.8 Å². The molecule has 0 bridgehead atoms. The van der Waals surface area contributed by atoms with E-state index in [9.17, 15) is 14.4 Å². The second-order valence-corrected chi connectivity index (χ2v) is 6.56. The van der Waals surface area contributed by atoms with Gasteiger partial charge in [-0.25, -0.2) is 0 Å². The Morgan fingerprint density at radius 3 is 2.69 bits per heavy atom. The van der Waals surface area contributed by atoms with Gasteiger partial charge in [0.2, 0.25) is 5.91 Å². The third kappa shape index (κ3) is 6.18. The molecule has 2 N–H and O–H groups in total. The molecule has 1 saturated heterocycles. The fourth-order valence-corrected chi connectivity index (χ4v) is 3.01. The van der Waals surface area contributed by atoms with Crippen molar-refractivity contribution in [1.29, 1.82) is 0 Å². The summed E-state index contributed by atoms with van der Waals surface area (Å²) >= 11 is 0. The van der Waals surface area contributed by atoms with Gasteiger partial charge in [-0.05, 0) is 19.1 Å². The third-order valence-electron chi connectivity index (χ3n) is 4.56. The van der Waals surface area contributed by atoms with Gasteiger partial charge in [-0.2, -0.15) is 0 Å². The van der Waals surface area contributed by atoms with E-state index in [0.717, 1.165) is 30.8 Å². The predicted octanol–water partition coefficient (Wildman–Crippen LogP) is -0.788. The molecule has 1 aromatic rings. The van der Waals surface area contributed by atoms with Crippen LogP contribution in [0, 0.1) is 5.92 Å². The molecule has 0 radical (unpaired) electrons. The van der Waals surface area contributed by atoms with Crippen LogP contribution < -0.4 is 10.2 Å². The number of esters is 1. The molecule has 0 atom stereocenters. The van der Waals surface area contributed by atoms with Gasteiger partial charge in [0.05, 0.1) is 45.0 Å². The number of likely N-dealkylation sites (N-methyl/N-ethyl adjacent to an activating group) is 1. The lowest BCUT2D eigenvalue weighted by atomic mass is 9.97. The van der Waals surface area contributed by atoms with Crippen LogP contribution in [-0.2, 0) is 25.7 Å². The smallest absolute Gasteiger partial charge is 0.309 e. The molecule has 8 nitrogen and oxygen atoms in total. The number of hydrogen-bond donors (Lipinski definition) is 2. The summed E-state index contributed by atoms with van der Waals surface area (Å²) in [6.07, 6.45) is 3.01. The summed E-state index contributed by atoms with van der Waals surface area (Å²) in [5, 5.41) is 2.72. The highest BCUT2D eigenvalue weighted by molar-refractivity contribution is 5.84. The summed E-state index contributed by atoms with van der Waals surface area (Å²) in [6, 6.07) is 3.53. The standard InChI is InChI=1S/C18H27N3O5/c1-3-25-18(24)14-6-8-21(9-7-14)13-17(23)20(2)12-16(22)19-11-15-5-4-10-26-15/h4-5,10,14H,3,6-9,11-13H2,1-2H3,(H,19,22)/p+1. The Balaban J connectivity index is 1.67. The van der Waals surface area contributed by atoms with Crippen molar-refractivity contribution < 1.29 is 28.4 Å². The Kier molecular flexibility index (Phi) is 7.65. The summed E-state index contributed by atoms with van der Waals surface area (Å²) in [7, 11) is 1.62. The summed E-state index contributed by atoms with van der Waals surface area (Å²) in [5.41, 5.74) is 0. The van der Waals surface area contributed by atoms with Gasteiger partial charge in [-0.1, -0.05) is 0 Å². The zero-order valence-electron chi connectivity index (χ0n) is 15.5. The second kappa shape index (κ2) is 9.96. The topological polar surface area (TPSA) is 93.3 Å². The van der Waals surface area contributed by atoms with Crippen LogP contribution >= 0.6 is 0 Å². The summed E-state index contributed by atoms with van der Waals surface area (Å²) in [6.45, 7) is 4.37. The molecule has 8 heteroatoms. The monoisotopic (exact) mass is 366 g/mol. The number of nitrogens with one attached hydrogen (secondary N) is 2. The van der Waals surface area contributed by atoms with Crippen LogP contribution in [0.4, 0.5) is 0 Å². The molecule has 1 aromatic heterocycles. The van der Waals surface area contributed by atoms with Crippen LogP contribution in [0.5, 0.6) is 0 Å². The summed E-state index contributed by atoms with van der Waals surface area (Å²) < 4.78 is 10.2. The van der Waals surface area contributed by atoms with Crippen molar-refractivity contribution in [3.63, 3.8) is 0 Å². The molecule has 0 saturated carbocycles. The van der Waals surface area contributed by atoms with Crippen molar-refractivity contribution in [2.45, 2.75) is 26.3 Å². The van der Waals surface area contributed by atoms with Crippen molar-refractivity contribution in [2.24, 2.45) is 5.92 Å². The van der Waals surface area contributed by atoms with E-state index in [4.69, 9.17) is 9.15 Å². The van der Waals surface area contributed by atoms with Crippen LogP contribution in [0.15, 0.2) is 22.8 Å². The maximum atomic E-state index is 12.3. The Labute approximate surface area is 153 Å². The molecular formula is C18H28N3O5+. The van der Waals surface area contributed by atoms with E-state index in [1.807, 2.05) is 0 Å². The van der Waals surface area contributed by atoms with Crippen molar-refractivity contribution in [3.8, 4) is 0 Å². The molecule has 2 rings (SSSR count). The summed E-state index contributed by atoms with van der Waals surface area (Å²) in [5.74, 6) is 0.166. The Bertz CT molecular complexity index is 594. The van der Waals surface area contributed by atoms with E-state index < -0.39 is 0 Å². The van der Waals surface area contributed by atoms with Crippen molar-refractivity contribution >= 4 is 17.8 Å². The minimum Gasteiger partial charge on any atom is -0.467 e. The summed E-state index contributed by atoms with van der Waals surface area (Å²) in [4.78, 5) is 38.5. The molecule has 0 unspecified atom stereocenters. The first-order valence-corrected chi connectivity index (χ1v) is 9.02. The lowest BCUT2D eigenvalue weighted by molar-refractivity contribution is -0.898. The second-order valence-electron chi connectivity index (χ2n) is 6.56. The fourth-order valence-electron chi connectivity index (χ4n) is 3.01. The van der Waals surface area contributed by atoms with E-state index in [-0.39, 0.29) is 30.2 Å². The molecule has 1 aliphatic heterocycles. The Hall–Kier alpha value is -2.35. The van der Waals surface area contributed by atoms with E-state index in [0.29, 0.717) is 25.5 Å². The highest BCUT2D eigenvalue weighted by Gasteiger charge is 2.30. The van der Waals surface area contributed by atoms with Crippen LogP contribution in [-0.4, -0.2) is 62.5 Å². The number of ether oxygens (including phenoxy) is 1. The van der Waals surface area contributed by atoms with Crippen LogP contribution in [0.3, 0.4) is 0 Å². The number of carbonyl (C=O) groups is 3. The normalized spacial score (nSPS) is 19.6. The number of piperidine rings is 1. The van der Waals surface area contributed by atoms with Gasteiger partial charge in [0.25, 0.3) is 5.91 Å². The molecule has 2 heterocycles. The first-order valence-electron chi connectivity index (χ1n) is 9.02. The number of rotatable bonds is 8. The number of hydrogen-bond acceptors (Lipinski definition) is 5. The maximum absolute atomic E-state index is 12.3. The zero-order chi connectivity index (χ0) is 18.9.